The molecule has 1 amide bonds. The van der Waals surface area contributed by atoms with Gasteiger partial charge in [-0.1, -0.05) is 48.5 Å². The molecule has 0 saturated heterocycles. The molecule has 162 valence electrons. The number of hydrogen-bond acceptors (Lipinski definition) is 5. The predicted molar refractivity (Wildman–Crippen MR) is 119 cm³/mol. The fraction of sp³-hybridized carbons (Fsp3) is 0.160. The molecular weight excluding hydrogens is 408 g/mol. The molecule has 3 aromatic carbocycles. The van der Waals surface area contributed by atoms with Crippen molar-refractivity contribution in [1.29, 1.82) is 0 Å². The Balaban J connectivity index is 1.91. The molecule has 0 saturated carbocycles. The number of hydrazone groups is 1. The van der Waals surface area contributed by atoms with Gasteiger partial charge in [0, 0.05) is 16.7 Å². The van der Waals surface area contributed by atoms with Crippen LogP contribution in [0.2, 0.25) is 0 Å². The average molecular weight is 430 g/mol. The number of benzene rings is 3. The van der Waals surface area contributed by atoms with Gasteiger partial charge in [-0.15, -0.1) is 0 Å². The second kappa shape index (κ2) is 8.93. The van der Waals surface area contributed by atoms with E-state index < -0.39 is 17.9 Å². The molecule has 7 heteroatoms. The molecule has 7 nitrogen and oxygen atoms in total. The summed E-state index contributed by atoms with van der Waals surface area (Å²) in [5.41, 5.74) is 1.97. The highest BCUT2D eigenvalue weighted by Crippen LogP contribution is 2.45. The Morgan fingerprint density at radius 3 is 2.19 bits per heavy atom. The summed E-state index contributed by atoms with van der Waals surface area (Å²) in [6.45, 7) is 0. The summed E-state index contributed by atoms with van der Waals surface area (Å²) in [5.74, 6) is -1.41. The summed E-state index contributed by atoms with van der Waals surface area (Å²) in [5, 5.41) is 15.9. The molecule has 0 radical (unpaired) electrons. The van der Waals surface area contributed by atoms with Crippen LogP contribution in [0.3, 0.4) is 0 Å². The standard InChI is InChI=1S/C25H22N2O5/c1-31-20-13-7-3-9-16(20)15-26-27-23(19-12-6-8-14-21(19)32-2)22(25(29)30)17-10-4-5-11-18(17)24(27)28/h3-15,22-23H,1-2H3,(H,29,30)/b26-15+/t22-,23-/m0/s1. The van der Waals surface area contributed by atoms with E-state index in [-0.39, 0.29) is 5.91 Å². The average Bonchev–Trinajstić information content (AvgIpc) is 2.83. The van der Waals surface area contributed by atoms with Gasteiger partial charge in [0.1, 0.15) is 23.5 Å². The maximum atomic E-state index is 13.5. The molecule has 1 aliphatic rings. The van der Waals surface area contributed by atoms with E-state index in [0.29, 0.717) is 33.8 Å². The van der Waals surface area contributed by atoms with E-state index in [4.69, 9.17) is 9.47 Å². The zero-order valence-corrected chi connectivity index (χ0v) is 17.6. The molecule has 0 unspecified atom stereocenters. The van der Waals surface area contributed by atoms with Gasteiger partial charge in [0.2, 0.25) is 0 Å². The number of rotatable bonds is 6. The van der Waals surface area contributed by atoms with Crippen LogP contribution in [0.25, 0.3) is 0 Å². The highest BCUT2D eigenvalue weighted by atomic mass is 16.5. The topological polar surface area (TPSA) is 88.4 Å². The quantitative estimate of drug-likeness (QED) is 0.595. The number of hydrogen-bond donors (Lipinski definition) is 1. The van der Waals surface area contributed by atoms with E-state index in [1.807, 2.05) is 12.1 Å². The first kappa shape index (κ1) is 21.1. The van der Waals surface area contributed by atoms with Crippen LogP contribution in [-0.2, 0) is 4.79 Å². The molecule has 0 aromatic heterocycles. The summed E-state index contributed by atoms with van der Waals surface area (Å²) in [4.78, 5) is 26.0. The van der Waals surface area contributed by atoms with E-state index >= 15 is 0 Å². The molecule has 2 atom stereocenters. The SMILES string of the molecule is COc1ccccc1/C=N/N1C(=O)c2ccccc2[C@H](C(=O)O)[C@@H]1c1ccccc1OC. The number of methoxy groups -OCH3 is 2. The molecule has 0 aliphatic carbocycles. The van der Waals surface area contributed by atoms with Crippen LogP contribution in [0, 0.1) is 0 Å². The first-order chi connectivity index (χ1) is 15.6. The Bertz CT molecular complexity index is 1190. The van der Waals surface area contributed by atoms with Crippen molar-refractivity contribution in [3.8, 4) is 11.5 Å². The predicted octanol–water partition coefficient (Wildman–Crippen LogP) is 4.10. The number of para-hydroxylation sites is 2. The smallest absolute Gasteiger partial charge is 0.313 e. The van der Waals surface area contributed by atoms with Crippen molar-refractivity contribution in [3.63, 3.8) is 0 Å². The zero-order chi connectivity index (χ0) is 22.7. The van der Waals surface area contributed by atoms with Crippen molar-refractivity contribution >= 4 is 18.1 Å². The van der Waals surface area contributed by atoms with Gasteiger partial charge in [0.15, 0.2) is 0 Å². The molecule has 0 fully saturated rings. The van der Waals surface area contributed by atoms with Gasteiger partial charge in [-0.3, -0.25) is 9.59 Å². The highest BCUT2D eigenvalue weighted by Gasteiger charge is 2.45. The Morgan fingerprint density at radius 2 is 1.50 bits per heavy atom. The second-order valence-corrected chi connectivity index (χ2v) is 7.23. The van der Waals surface area contributed by atoms with E-state index in [9.17, 15) is 14.7 Å². The van der Waals surface area contributed by atoms with Crippen molar-refractivity contribution in [1.82, 2.24) is 5.01 Å². The van der Waals surface area contributed by atoms with Crippen molar-refractivity contribution < 1.29 is 24.2 Å². The van der Waals surface area contributed by atoms with Crippen LogP contribution in [0.5, 0.6) is 11.5 Å². The Labute approximate surface area is 185 Å². The van der Waals surface area contributed by atoms with Gasteiger partial charge < -0.3 is 14.6 Å². The molecule has 0 spiro atoms. The molecule has 32 heavy (non-hydrogen) atoms. The van der Waals surface area contributed by atoms with E-state index in [2.05, 4.69) is 5.10 Å². The molecule has 0 bridgehead atoms. The summed E-state index contributed by atoms with van der Waals surface area (Å²) in [6, 6.07) is 20.1. The minimum atomic E-state index is -1.06. The number of nitrogens with zero attached hydrogens (tertiary/aromatic N) is 2. The number of aliphatic carboxylic acids is 1. The van der Waals surface area contributed by atoms with Gasteiger partial charge in [-0.05, 0) is 29.8 Å². The van der Waals surface area contributed by atoms with Gasteiger partial charge in [-0.25, -0.2) is 5.01 Å². The largest absolute Gasteiger partial charge is 0.496 e. The van der Waals surface area contributed by atoms with Gasteiger partial charge >= 0.3 is 5.97 Å². The molecule has 1 aliphatic heterocycles. The van der Waals surface area contributed by atoms with E-state index in [1.165, 1.54) is 18.3 Å². The first-order valence-corrected chi connectivity index (χ1v) is 10.0. The Hall–Kier alpha value is -4.13. The van der Waals surface area contributed by atoms with Crippen LogP contribution in [0.15, 0.2) is 77.9 Å². The van der Waals surface area contributed by atoms with E-state index in [1.54, 1.807) is 67.8 Å². The number of carboxylic acids is 1. The van der Waals surface area contributed by atoms with Crippen molar-refractivity contribution in [2.45, 2.75) is 12.0 Å². The van der Waals surface area contributed by atoms with Crippen molar-refractivity contribution in [2.24, 2.45) is 5.10 Å². The monoisotopic (exact) mass is 430 g/mol. The lowest BCUT2D eigenvalue weighted by atomic mass is 9.80. The lowest BCUT2D eigenvalue weighted by Gasteiger charge is -2.38. The normalized spacial score (nSPS) is 17.8. The fourth-order valence-corrected chi connectivity index (χ4v) is 4.04. The molecule has 4 rings (SSSR count). The minimum Gasteiger partial charge on any atom is -0.496 e. The molecule has 1 N–H and O–H groups in total. The maximum absolute atomic E-state index is 13.5. The Morgan fingerprint density at radius 1 is 0.906 bits per heavy atom. The second-order valence-electron chi connectivity index (χ2n) is 7.23. The number of carbonyl (C=O) groups is 2. The third kappa shape index (κ3) is 3.69. The summed E-state index contributed by atoms with van der Waals surface area (Å²) in [6.07, 6.45) is 1.51. The number of carboxylic acid groups (broad SMARTS) is 1. The molecular formula is C25H22N2O5. The minimum absolute atomic E-state index is 0.309. The third-order valence-electron chi connectivity index (χ3n) is 5.50. The maximum Gasteiger partial charge on any atom is 0.313 e. The van der Waals surface area contributed by atoms with Gasteiger partial charge in [0.25, 0.3) is 5.91 Å². The first-order valence-electron chi connectivity index (χ1n) is 10.0. The third-order valence-corrected chi connectivity index (χ3v) is 5.50. The van der Waals surface area contributed by atoms with Crippen molar-refractivity contribution in [2.75, 3.05) is 14.2 Å². The molecule has 1 heterocycles. The van der Waals surface area contributed by atoms with E-state index in [0.717, 1.165) is 0 Å². The van der Waals surface area contributed by atoms with Crippen LogP contribution in [0.1, 0.15) is 39.0 Å². The zero-order valence-electron chi connectivity index (χ0n) is 17.6. The van der Waals surface area contributed by atoms with Crippen molar-refractivity contribution in [3.05, 3.63) is 95.1 Å². The number of amides is 1. The van der Waals surface area contributed by atoms with Crippen LogP contribution >= 0.6 is 0 Å². The van der Waals surface area contributed by atoms with Crippen LogP contribution < -0.4 is 9.47 Å². The van der Waals surface area contributed by atoms with Gasteiger partial charge in [0.05, 0.1) is 20.4 Å². The lowest BCUT2D eigenvalue weighted by molar-refractivity contribution is -0.140. The number of fused-ring (bicyclic) bond motifs is 1. The summed E-state index contributed by atoms with van der Waals surface area (Å²) < 4.78 is 10.9. The summed E-state index contributed by atoms with van der Waals surface area (Å²) in [7, 11) is 3.06. The summed E-state index contributed by atoms with van der Waals surface area (Å²) >= 11 is 0. The molecule has 3 aromatic rings. The fourth-order valence-electron chi connectivity index (χ4n) is 4.04. The number of carbonyl (C=O) groups excluding carboxylic acids is 1. The van der Waals surface area contributed by atoms with Gasteiger partial charge in [-0.2, -0.15) is 5.10 Å². The highest BCUT2D eigenvalue weighted by molar-refractivity contribution is 6.01. The number of ether oxygens (including phenoxy) is 2. The van der Waals surface area contributed by atoms with Crippen LogP contribution in [-0.4, -0.2) is 42.4 Å². The lowest BCUT2D eigenvalue weighted by Crippen LogP contribution is -2.42. The Kier molecular flexibility index (Phi) is 5.89. The van der Waals surface area contributed by atoms with Crippen LogP contribution in [0.4, 0.5) is 0 Å².